The average Bonchev–Trinajstić information content (AvgIpc) is 3.66. The van der Waals surface area contributed by atoms with E-state index in [2.05, 4.69) is 170 Å². The largest absolute Gasteiger partial charge is 0.0888 e. The lowest BCUT2D eigenvalue weighted by Gasteiger charge is -2.31. The van der Waals surface area contributed by atoms with Crippen molar-refractivity contribution in [1.29, 1.82) is 0 Å². The minimum Gasteiger partial charge on any atom is -0.0888 e. The number of fused-ring (bicyclic) bond motifs is 16. The van der Waals surface area contributed by atoms with Crippen LogP contribution in [0.15, 0.2) is 180 Å². The summed E-state index contributed by atoms with van der Waals surface area (Å²) in [5.74, 6) is 0. The minimum absolute atomic E-state index is 0.429. The van der Waals surface area contributed by atoms with Gasteiger partial charge in [0.25, 0.3) is 0 Å². The van der Waals surface area contributed by atoms with Gasteiger partial charge in [-0.2, -0.15) is 0 Å². The number of hydrogen-bond donors (Lipinski definition) is 0. The second-order valence-corrected chi connectivity index (χ2v) is 15.0. The minimum atomic E-state index is -0.429. The number of rotatable bonds is 1. The molecule has 0 radical (unpaired) electrons. The van der Waals surface area contributed by atoms with E-state index in [-0.39, 0.29) is 0 Å². The molecule has 0 N–H and O–H groups in total. The molecule has 50 heavy (non-hydrogen) atoms. The summed E-state index contributed by atoms with van der Waals surface area (Å²) in [7, 11) is 0. The van der Waals surface area contributed by atoms with Crippen LogP contribution in [0, 0.1) is 0 Å². The third kappa shape index (κ3) is 3.20. The van der Waals surface area contributed by atoms with Crippen LogP contribution in [-0.2, 0) is 5.41 Å². The maximum absolute atomic E-state index is 2.43. The van der Waals surface area contributed by atoms with Crippen LogP contribution < -0.4 is 0 Å². The van der Waals surface area contributed by atoms with E-state index in [1.54, 1.807) is 0 Å². The van der Waals surface area contributed by atoms with Crippen molar-refractivity contribution in [3.05, 3.63) is 192 Å². The van der Waals surface area contributed by atoms with Gasteiger partial charge < -0.3 is 0 Å². The van der Waals surface area contributed by atoms with Crippen molar-refractivity contribution in [1.82, 2.24) is 0 Å². The van der Waals surface area contributed by atoms with Gasteiger partial charge in [-0.15, -0.1) is 0 Å². The molecule has 12 rings (SSSR count). The van der Waals surface area contributed by atoms with E-state index in [0.29, 0.717) is 0 Å². The molecule has 1 spiro atoms. The molecule has 0 unspecified atom stereocenters. The van der Waals surface area contributed by atoms with E-state index in [1.165, 1.54) is 109 Å². The Hall–Kier alpha value is -5.89. The lowest BCUT2D eigenvalue weighted by molar-refractivity contribution is 0.795. The zero-order valence-electron chi connectivity index (χ0n) is 27.1. The van der Waals surface area contributed by atoms with Gasteiger partial charge in [0, 0.05) is 15.2 Å². The Labute approximate surface area is 294 Å². The van der Waals surface area contributed by atoms with E-state index in [1.807, 2.05) is 11.8 Å². The Kier molecular flexibility index (Phi) is 5.20. The molecule has 0 amide bonds. The Morgan fingerprint density at radius 3 is 1.64 bits per heavy atom. The smallest absolute Gasteiger partial charge is 0.0726 e. The third-order valence-electron chi connectivity index (χ3n) is 11.7. The van der Waals surface area contributed by atoms with Crippen LogP contribution in [0.2, 0.25) is 0 Å². The van der Waals surface area contributed by atoms with Crippen LogP contribution >= 0.6 is 11.8 Å². The summed E-state index contributed by atoms with van der Waals surface area (Å²) >= 11 is 1.89. The molecule has 0 fully saturated rings. The fourth-order valence-corrected chi connectivity index (χ4v) is 10.9. The van der Waals surface area contributed by atoms with Crippen LogP contribution in [-0.4, -0.2) is 0 Å². The first-order valence-electron chi connectivity index (χ1n) is 17.4. The quantitative estimate of drug-likeness (QED) is 0.171. The van der Waals surface area contributed by atoms with E-state index >= 15 is 0 Å². The van der Waals surface area contributed by atoms with Gasteiger partial charge >= 0.3 is 0 Å². The maximum atomic E-state index is 2.43. The molecule has 0 aromatic heterocycles. The summed E-state index contributed by atoms with van der Waals surface area (Å²) < 4.78 is 0. The fraction of sp³-hybridized carbons (Fsp3) is 0.0204. The van der Waals surface area contributed by atoms with E-state index in [9.17, 15) is 0 Å². The molecule has 1 aliphatic heterocycles. The second-order valence-electron chi connectivity index (χ2n) is 13.9. The molecule has 0 saturated carbocycles. The predicted molar refractivity (Wildman–Crippen MR) is 210 cm³/mol. The highest BCUT2D eigenvalue weighted by atomic mass is 32.2. The summed E-state index contributed by atoms with van der Waals surface area (Å²) in [4.78, 5) is 2.66. The predicted octanol–water partition coefficient (Wildman–Crippen LogP) is 13.3. The van der Waals surface area contributed by atoms with E-state index in [4.69, 9.17) is 0 Å². The topological polar surface area (TPSA) is 0 Å². The highest BCUT2D eigenvalue weighted by Crippen LogP contribution is 2.66. The molecule has 0 atom stereocenters. The monoisotopic (exact) mass is 648 g/mol. The second kappa shape index (κ2) is 9.63. The van der Waals surface area contributed by atoms with Crippen LogP contribution in [0.25, 0.3) is 76.8 Å². The summed E-state index contributed by atoms with van der Waals surface area (Å²) in [6.45, 7) is 0. The summed E-state index contributed by atoms with van der Waals surface area (Å²) in [5, 5.41) is 7.89. The van der Waals surface area contributed by atoms with Gasteiger partial charge in [0.05, 0.1) is 5.41 Å². The van der Waals surface area contributed by atoms with Crippen molar-refractivity contribution in [2.75, 3.05) is 0 Å². The zero-order chi connectivity index (χ0) is 32.6. The van der Waals surface area contributed by atoms with Crippen LogP contribution in [0.1, 0.15) is 22.3 Å². The van der Waals surface area contributed by atoms with Crippen molar-refractivity contribution in [3.63, 3.8) is 0 Å². The Bertz CT molecular complexity index is 2880. The van der Waals surface area contributed by atoms with Crippen LogP contribution in [0.5, 0.6) is 0 Å². The summed E-state index contributed by atoms with van der Waals surface area (Å²) in [6.07, 6.45) is 0. The molecule has 9 aromatic rings. The molecule has 3 aliphatic rings. The number of benzene rings is 9. The Balaban J connectivity index is 1.22. The first-order valence-corrected chi connectivity index (χ1v) is 18.3. The van der Waals surface area contributed by atoms with Crippen molar-refractivity contribution in [2.45, 2.75) is 15.2 Å². The Morgan fingerprint density at radius 1 is 0.300 bits per heavy atom. The van der Waals surface area contributed by atoms with E-state index in [0.717, 1.165) is 0 Å². The van der Waals surface area contributed by atoms with Gasteiger partial charge in [0.1, 0.15) is 0 Å². The molecule has 1 heterocycles. The van der Waals surface area contributed by atoms with E-state index < -0.39 is 5.41 Å². The van der Waals surface area contributed by atoms with Gasteiger partial charge in [-0.3, -0.25) is 0 Å². The SMILES string of the molecule is c1ccc2c(c1)Sc1ccc(-c3cccc4c3-c3ccccc3C43c4ccc5ccccc5c4-c4c3ccc3ccccc43)c3cccc-2c13. The van der Waals surface area contributed by atoms with Crippen molar-refractivity contribution in [3.8, 4) is 44.5 Å². The van der Waals surface area contributed by atoms with Crippen molar-refractivity contribution >= 4 is 44.1 Å². The first kappa shape index (κ1) is 27.0. The van der Waals surface area contributed by atoms with Crippen molar-refractivity contribution < 1.29 is 0 Å². The molecule has 230 valence electrons. The van der Waals surface area contributed by atoms with Gasteiger partial charge in [-0.1, -0.05) is 169 Å². The van der Waals surface area contributed by atoms with Crippen LogP contribution in [0.3, 0.4) is 0 Å². The first-order chi connectivity index (χ1) is 24.8. The summed E-state index contributed by atoms with van der Waals surface area (Å²) in [5.41, 5.74) is 15.8. The normalized spacial score (nSPS) is 14.1. The summed E-state index contributed by atoms with van der Waals surface area (Å²) in [6, 6.07) is 64.2. The average molecular weight is 649 g/mol. The van der Waals surface area contributed by atoms with Gasteiger partial charge in [-0.05, 0) is 106 Å². The lowest BCUT2D eigenvalue weighted by atomic mass is 9.70. The maximum Gasteiger partial charge on any atom is 0.0726 e. The molecule has 0 bridgehead atoms. The highest BCUT2D eigenvalue weighted by molar-refractivity contribution is 7.99. The van der Waals surface area contributed by atoms with Gasteiger partial charge in [-0.25, -0.2) is 0 Å². The molecule has 0 nitrogen and oxygen atoms in total. The van der Waals surface area contributed by atoms with Crippen LogP contribution in [0.4, 0.5) is 0 Å². The molecule has 1 heteroatoms. The van der Waals surface area contributed by atoms with Crippen molar-refractivity contribution in [2.24, 2.45) is 0 Å². The third-order valence-corrected chi connectivity index (χ3v) is 12.8. The molecular formula is C49H28S. The van der Waals surface area contributed by atoms with Gasteiger partial charge in [0.15, 0.2) is 0 Å². The Morgan fingerprint density at radius 2 is 0.860 bits per heavy atom. The van der Waals surface area contributed by atoms with Gasteiger partial charge in [0.2, 0.25) is 0 Å². The zero-order valence-corrected chi connectivity index (χ0v) is 27.9. The lowest BCUT2D eigenvalue weighted by Crippen LogP contribution is -2.25. The fourth-order valence-electron chi connectivity index (χ4n) is 9.80. The standard InChI is InChI=1S/C49H28S/c1-3-13-31-29(11-1)23-26-41-47(31)48-32-14-4-2-12-30(32)24-27-42(48)49(41)39-20-7-5-16-38(39)45-35(19-10-21-40(45)49)33-25-28-44-46-36(33)17-9-18-37(46)34-15-6-8-22-43(34)50-44/h1-28H. The number of hydrogen-bond acceptors (Lipinski definition) is 1. The molecule has 2 aliphatic carbocycles. The molecule has 9 aromatic carbocycles. The highest BCUT2D eigenvalue weighted by Gasteiger charge is 2.53. The molecule has 0 saturated heterocycles. The molecular weight excluding hydrogens is 621 g/mol.